The van der Waals surface area contributed by atoms with Crippen LogP contribution in [0.2, 0.25) is 0 Å². The topological polar surface area (TPSA) is 79.4 Å². The first-order valence-corrected chi connectivity index (χ1v) is 3.61. The highest BCUT2D eigenvalue weighted by Gasteiger charge is 2.20. The van der Waals surface area contributed by atoms with E-state index in [1.165, 1.54) is 12.3 Å². The molecule has 0 saturated heterocycles. The van der Waals surface area contributed by atoms with E-state index in [-0.39, 0.29) is 12.4 Å². The van der Waals surface area contributed by atoms with Crippen molar-refractivity contribution in [2.75, 3.05) is 6.61 Å². The molecule has 4 N–H and O–H groups in total. The van der Waals surface area contributed by atoms with Gasteiger partial charge in [-0.25, -0.2) is 0 Å². The van der Waals surface area contributed by atoms with Gasteiger partial charge in [0.05, 0.1) is 24.0 Å². The molecule has 1 rings (SSSR count). The number of nitrogens with zero attached hydrogens (tertiary/aromatic N) is 1. The maximum Gasteiger partial charge on any atom is 0.133 e. The fraction of sp³-hybridized carbons (Fsp3) is 0.375. The Bertz CT molecular complexity index is 256. The molecule has 0 saturated carbocycles. The van der Waals surface area contributed by atoms with Crippen molar-refractivity contribution < 1.29 is 10.2 Å². The van der Waals surface area contributed by atoms with Gasteiger partial charge in [0.25, 0.3) is 0 Å². The first-order chi connectivity index (χ1) is 5.56. The van der Waals surface area contributed by atoms with E-state index in [1.807, 2.05) is 0 Å². The first kappa shape index (κ1) is 8.96. The molecule has 0 bridgehead atoms. The van der Waals surface area contributed by atoms with Crippen molar-refractivity contribution in [1.29, 1.82) is 0 Å². The van der Waals surface area contributed by atoms with Crippen LogP contribution in [0.25, 0.3) is 0 Å². The van der Waals surface area contributed by atoms with Crippen LogP contribution in [0.5, 0.6) is 5.75 Å². The summed E-state index contributed by atoms with van der Waals surface area (Å²) in [6, 6.07) is 3.08. The van der Waals surface area contributed by atoms with Crippen molar-refractivity contribution >= 4 is 0 Å². The van der Waals surface area contributed by atoms with Crippen molar-refractivity contribution in [3.63, 3.8) is 0 Å². The molecule has 0 aliphatic heterocycles. The summed E-state index contributed by atoms with van der Waals surface area (Å²) in [7, 11) is 0. The molecule has 66 valence electrons. The van der Waals surface area contributed by atoms with Gasteiger partial charge in [-0.2, -0.15) is 0 Å². The second-order valence-corrected chi connectivity index (χ2v) is 2.98. The van der Waals surface area contributed by atoms with Crippen LogP contribution < -0.4 is 5.73 Å². The SMILES string of the molecule is C[C@@](N)(CO)c1ccc(O)cn1. The van der Waals surface area contributed by atoms with Gasteiger partial charge >= 0.3 is 0 Å². The number of hydrogen-bond acceptors (Lipinski definition) is 4. The number of rotatable bonds is 2. The Hall–Kier alpha value is -1.13. The van der Waals surface area contributed by atoms with E-state index in [1.54, 1.807) is 13.0 Å². The number of aromatic nitrogens is 1. The number of aliphatic hydroxyl groups excluding tert-OH is 1. The highest BCUT2D eigenvalue weighted by molar-refractivity contribution is 5.22. The minimum Gasteiger partial charge on any atom is -0.506 e. The van der Waals surface area contributed by atoms with E-state index in [9.17, 15) is 0 Å². The number of aromatic hydroxyl groups is 1. The lowest BCUT2D eigenvalue weighted by Crippen LogP contribution is -2.37. The van der Waals surface area contributed by atoms with Crippen LogP contribution >= 0.6 is 0 Å². The van der Waals surface area contributed by atoms with Crippen molar-refractivity contribution in [3.05, 3.63) is 24.0 Å². The fourth-order valence-electron chi connectivity index (χ4n) is 0.805. The van der Waals surface area contributed by atoms with Crippen LogP contribution in [0, 0.1) is 0 Å². The van der Waals surface area contributed by atoms with E-state index < -0.39 is 5.54 Å². The summed E-state index contributed by atoms with van der Waals surface area (Å²) in [6.07, 6.45) is 1.30. The van der Waals surface area contributed by atoms with E-state index in [0.717, 1.165) is 0 Å². The first-order valence-electron chi connectivity index (χ1n) is 3.61. The lowest BCUT2D eigenvalue weighted by molar-refractivity contribution is 0.206. The molecule has 0 radical (unpaired) electrons. The summed E-state index contributed by atoms with van der Waals surface area (Å²) in [5.41, 5.74) is 5.41. The maximum atomic E-state index is 8.93. The number of nitrogens with two attached hydrogens (primary N) is 1. The molecule has 0 aliphatic rings. The minimum atomic E-state index is -0.840. The van der Waals surface area contributed by atoms with E-state index in [0.29, 0.717) is 5.69 Å². The summed E-state index contributed by atoms with van der Waals surface area (Å²) in [5.74, 6) is 0.0903. The van der Waals surface area contributed by atoms with E-state index in [4.69, 9.17) is 15.9 Å². The van der Waals surface area contributed by atoms with Gasteiger partial charge < -0.3 is 15.9 Å². The third-order valence-electron chi connectivity index (χ3n) is 1.66. The monoisotopic (exact) mass is 168 g/mol. The molecule has 0 unspecified atom stereocenters. The van der Waals surface area contributed by atoms with E-state index in [2.05, 4.69) is 4.98 Å². The van der Waals surface area contributed by atoms with Gasteiger partial charge in [0.1, 0.15) is 5.75 Å². The number of hydrogen-bond donors (Lipinski definition) is 3. The zero-order chi connectivity index (χ0) is 9.19. The maximum absolute atomic E-state index is 8.93. The normalized spacial score (nSPS) is 15.6. The molecule has 0 amide bonds. The average molecular weight is 168 g/mol. The Morgan fingerprint density at radius 3 is 2.67 bits per heavy atom. The molecule has 1 aromatic rings. The molecule has 4 heteroatoms. The number of aliphatic hydroxyl groups is 1. The average Bonchev–Trinajstić information content (AvgIpc) is 2.05. The third kappa shape index (κ3) is 1.72. The summed E-state index contributed by atoms with van der Waals surface area (Å²) in [4.78, 5) is 3.89. The highest BCUT2D eigenvalue weighted by Crippen LogP contribution is 2.16. The lowest BCUT2D eigenvalue weighted by Gasteiger charge is -2.20. The summed E-state index contributed by atoms with van der Waals surface area (Å²) >= 11 is 0. The van der Waals surface area contributed by atoms with Crippen molar-refractivity contribution in [3.8, 4) is 5.75 Å². The van der Waals surface area contributed by atoms with E-state index >= 15 is 0 Å². The van der Waals surface area contributed by atoms with Gasteiger partial charge in [0.15, 0.2) is 0 Å². The van der Waals surface area contributed by atoms with Crippen LogP contribution in [-0.4, -0.2) is 21.8 Å². The molecule has 1 aromatic heterocycles. The molecule has 0 aliphatic carbocycles. The Labute approximate surface area is 70.7 Å². The zero-order valence-electron chi connectivity index (χ0n) is 6.86. The van der Waals surface area contributed by atoms with Crippen LogP contribution in [0.1, 0.15) is 12.6 Å². The van der Waals surface area contributed by atoms with Gasteiger partial charge in [-0.1, -0.05) is 0 Å². The minimum absolute atomic E-state index is 0.0903. The van der Waals surface area contributed by atoms with Crippen molar-refractivity contribution in [2.45, 2.75) is 12.5 Å². The van der Waals surface area contributed by atoms with Gasteiger partial charge in [-0.05, 0) is 19.1 Å². The van der Waals surface area contributed by atoms with Gasteiger partial charge in [-0.3, -0.25) is 4.98 Å². The fourth-order valence-corrected chi connectivity index (χ4v) is 0.805. The Morgan fingerprint density at radius 1 is 1.58 bits per heavy atom. The zero-order valence-corrected chi connectivity index (χ0v) is 6.86. The predicted molar refractivity (Wildman–Crippen MR) is 44.5 cm³/mol. The quantitative estimate of drug-likeness (QED) is 0.578. The number of pyridine rings is 1. The van der Waals surface area contributed by atoms with Crippen LogP contribution in [0.15, 0.2) is 18.3 Å². The van der Waals surface area contributed by atoms with Crippen molar-refractivity contribution in [1.82, 2.24) is 4.98 Å². The summed E-state index contributed by atoms with van der Waals surface area (Å²) in [5, 5.41) is 17.8. The van der Waals surface area contributed by atoms with Gasteiger partial charge in [-0.15, -0.1) is 0 Å². The summed E-state index contributed by atoms with van der Waals surface area (Å²) < 4.78 is 0. The molecule has 1 atom stereocenters. The Morgan fingerprint density at radius 2 is 2.25 bits per heavy atom. The second kappa shape index (κ2) is 3.08. The van der Waals surface area contributed by atoms with Crippen molar-refractivity contribution in [2.24, 2.45) is 5.73 Å². The van der Waals surface area contributed by atoms with Gasteiger partial charge in [0, 0.05) is 0 Å². The molecule has 4 nitrogen and oxygen atoms in total. The highest BCUT2D eigenvalue weighted by atomic mass is 16.3. The third-order valence-corrected chi connectivity index (χ3v) is 1.66. The molecule has 1 heterocycles. The molecule has 12 heavy (non-hydrogen) atoms. The van der Waals surface area contributed by atoms with Crippen LogP contribution in [0.4, 0.5) is 0 Å². The standard InChI is InChI=1S/C8H12N2O2/c1-8(9,5-11)7-3-2-6(12)4-10-7/h2-4,11-12H,5,9H2,1H3/t8-/m1/s1. The largest absolute Gasteiger partial charge is 0.506 e. The molecule has 0 fully saturated rings. The van der Waals surface area contributed by atoms with Crippen LogP contribution in [-0.2, 0) is 5.54 Å². The summed E-state index contributed by atoms with van der Waals surface area (Å²) in [6.45, 7) is 1.50. The lowest BCUT2D eigenvalue weighted by atomic mass is 10.0. The Kier molecular flexibility index (Phi) is 2.30. The molecular formula is C8H12N2O2. The van der Waals surface area contributed by atoms with Crippen LogP contribution in [0.3, 0.4) is 0 Å². The smallest absolute Gasteiger partial charge is 0.133 e. The molecule has 0 spiro atoms. The predicted octanol–water partition coefficient (Wildman–Crippen LogP) is -0.0466. The molecular weight excluding hydrogens is 156 g/mol. The molecule has 0 aromatic carbocycles. The second-order valence-electron chi connectivity index (χ2n) is 2.98. The van der Waals surface area contributed by atoms with Gasteiger partial charge in [0.2, 0.25) is 0 Å². The Balaban J connectivity index is 2.96.